The number of hydrogen-bond donors (Lipinski definition) is 3. The van der Waals surface area contributed by atoms with Gasteiger partial charge in [0.2, 0.25) is 11.8 Å². The first-order chi connectivity index (χ1) is 11.9. The fourth-order valence-electron chi connectivity index (χ4n) is 3.57. The van der Waals surface area contributed by atoms with E-state index in [1.807, 2.05) is 23.1 Å². The largest absolute Gasteiger partial charge is 0.365 e. The Bertz CT molecular complexity index is 638. The zero-order chi connectivity index (χ0) is 18.0. The number of nitrogens with one attached hydrogen (secondary N) is 2. The second kappa shape index (κ2) is 7.01. The molecule has 7 nitrogen and oxygen atoms in total. The molecule has 2 saturated heterocycles. The van der Waals surface area contributed by atoms with Crippen LogP contribution in [0, 0.1) is 0 Å². The topological polar surface area (TPSA) is 84.9 Å². The molecule has 1 aromatic carbocycles. The summed E-state index contributed by atoms with van der Waals surface area (Å²) in [5, 5.41) is 14.7. The Labute approximate surface area is 148 Å². The van der Waals surface area contributed by atoms with E-state index in [9.17, 15) is 14.7 Å². The third-order valence-electron chi connectivity index (χ3n) is 5.13. The van der Waals surface area contributed by atoms with E-state index in [2.05, 4.69) is 34.6 Å². The van der Waals surface area contributed by atoms with Gasteiger partial charge in [0.05, 0.1) is 5.54 Å². The summed E-state index contributed by atoms with van der Waals surface area (Å²) in [6, 6.07) is 10.5. The predicted molar refractivity (Wildman–Crippen MR) is 94.8 cm³/mol. The number of amides is 2. The molecule has 7 heteroatoms. The highest BCUT2D eigenvalue weighted by molar-refractivity contribution is 5.89. The lowest BCUT2D eigenvalue weighted by molar-refractivity contribution is -0.132. The molecule has 3 N–H and O–H groups in total. The van der Waals surface area contributed by atoms with E-state index in [4.69, 9.17) is 0 Å². The number of aliphatic hydroxyl groups is 1. The molecule has 0 spiro atoms. The first kappa shape index (κ1) is 17.7. The minimum absolute atomic E-state index is 0.0526. The minimum atomic E-state index is -1.04. The molecule has 2 amide bonds. The summed E-state index contributed by atoms with van der Waals surface area (Å²) in [5.41, 5.74) is 0.280. The molecule has 2 aliphatic rings. The molecular weight excluding hydrogens is 320 g/mol. The molecule has 2 fully saturated rings. The number of carbonyl (C=O) groups is 2. The summed E-state index contributed by atoms with van der Waals surface area (Å²) in [4.78, 5) is 28.6. The number of piperazine rings is 1. The standard InChI is InChI=1S/C18H26N4O3/c1-13-12-21(10-11-22(13)14-6-4-3-5-7-14)15(23)8-9-18(2)16(24)19-17(25)20-18/h3-7,13,17,20,25H,8-12H2,1-2H3,(H,19,24). The fourth-order valence-corrected chi connectivity index (χ4v) is 3.57. The quantitative estimate of drug-likeness (QED) is 0.728. The predicted octanol–water partition coefficient (Wildman–Crippen LogP) is 0.258. The highest BCUT2D eigenvalue weighted by Gasteiger charge is 2.42. The van der Waals surface area contributed by atoms with Crippen LogP contribution in [0.4, 0.5) is 5.69 Å². The van der Waals surface area contributed by atoms with E-state index in [1.54, 1.807) is 6.92 Å². The monoisotopic (exact) mass is 346 g/mol. The van der Waals surface area contributed by atoms with Crippen molar-refractivity contribution in [2.75, 3.05) is 24.5 Å². The van der Waals surface area contributed by atoms with Gasteiger partial charge >= 0.3 is 0 Å². The normalized spacial score (nSPS) is 29.6. The van der Waals surface area contributed by atoms with Crippen LogP contribution < -0.4 is 15.5 Å². The Hall–Kier alpha value is -2.12. The van der Waals surface area contributed by atoms with Gasteiger partial charge in [-0.2, -0.15) is 0 Å². The van der Waals surface area contributed by atoms with Crippen molar-refractivity contribution in [2.45, 2.75) is 44.6 Å². The number of aliphatic hydroxyl groups excluding tert-OH is 1. The maximum Gasteiger partial charge on any atom is 0.243 e. The van der Waals surface area contributed by atoms with Crippen LogP contribution in [0.1, 0.15) is 26.7 Å². The molecule has 3 atom stereocenters. The van der Waals surface area contributed by atoms with Crippen molar-refractivity contribution in [1.82, 2.24) is 15.5 Å². The summed E-state index contributed by atoms with van der Waals surface area (Å²) in [5.74, 6) is -0.216. The minimum Gasteiger partial charge on any atom is -0.365 e. The van der Waals surface area contributed by atoms with Gasteiger partial charge in [0.25, 0.3) is 0 Å². The van der Waals surface area contributed by atoms with Gasteiger partial charge in [0.15, 0.2) is 6.35 Å². The Morgan fingerprint density at radius 1 is 1.32 bits per heavy atom. The molecule has 1 aromatic rings. The van der Waals surface area contributed by atoms with Gasteiger partial charge in [-0.25, -0.2) is 0 Å². The van der Waals surface area contributed by atoms with E-state index in [-0.39, 0.29) is 24.3 Å². The van der Waals surface area contributed by atoms with E-state index < -0.39 is 11.9 Å². The molecule has 136 valence electrons. The van der Waals surface area contributed by atoms with Crippen molar-refractivity contribution < 1.29 is 14.7 Å². The maximum absolute atomic E-state index is 12.6. The van der Waals surface area contributed by atoms with Crippen molar-refractivity contribution in [2.24, 2.45) is 0 Å². The van der Waals surface area contributed by atoms with E-state index in [0.29, 0.717) is 19.5 Å². The van der Waals surface area contributed by atoms with E-state index in [1.165, 1.54) is 5.69 Å². The molecule has 3 unspecified atom stereocenters. The Balaban J connectivity index is 1.54. The molecule has 0 radical (unpaired) electrons. The summed E-state index contributed by atoms with van der Waals surface area (Å²) < 4.78 is 0. The molecule has 25 heavy (non-hydrogen) atoms. The van der Waals surface area contributed by atoms with Gasteiger partial charge in [-0.3, -0.25) is 14.9 Å². The van der Waals surface area contributed by atoms with E-state index in [0.717, 1.165) is 6.54 Å². The van der Waals surface area contributed by atoms with Crippen LogP contribution in [0.3, 0.4) is 0 Å². The van der Waals surface area contributed by atoms with E-state index >= 15 is 0 Å². The van der Waals surface area contributed by atoms with Crippen LogP contribution in [0.25, 0.3) is 0 Å². The zero-order valence-electron chi connectivity index (χ0n) is 14.7. The number of benzene rings is 1. The Morgan fingerprint density at radius 3 is 2.64 bits per heavy atom. The van der Waals surface area contributed by atoms with Crippen LogP contribution in [0.2, 0.25) is 0 Å². The van der Waals surface area contributed by atoms with Gasteiger partial charge in [-0.1, -0.05) is 18.2 Å². The second-order valence-corrected chi connectivity index (χ2v) is 7.07. The van der Waals surface area contributed by atoms with Crippen LogP contribution in [-0.4, -0.2) is 59.4 Å². The molecule has 3 rings (SSSR count). The van der Waals surface area contributed by atoms with Gasteiger partial charge in [-0.05, 0) is 32.4 Å². The maximum atomic E-state index is 12.6. The van der Waals surface area contributed by atoms with Gasteiger partial charge in [0, 0.05) is 37.8 Å². The summed E-state index contributed by atoms with van der Waals surface area (Å²) >= 11 is 0. The summed E-state index contributed by atoms with van der Waals surface area (Å²) in [6.07, 6.45) is -0.397. The third-order valence-corrected chi connectivity index (χ3v) is 5.13. The van der Waals surface area contributed by atoms with Crippen molar-refractivity contribution in [3.8, 4) is 0 Å². The summed E-state index contributed by atoms with van der Waals surface area (Å²) in [7, 11) is 0. The third kappa shape index (κ3) is 3.77. The average Bonchev–Trinajstić information content (AvgIpc) is 2.85. The number of hydrogen-bond acceptors (Lipinski definition) is 5. The first-order valence-electron chi connectivity index (χ1n) is 8.75. The molecule has 2 aliphatic heterocycles. The molecule has 0 bridgehead atoms. The van der Waals surface area contributed by atoms with Crippen molar-refractivity contribution in [3.63, 3.8) is 0 Å². The van der Waals surface area contributed by atoms with Crippen LogP contribution in [0.5, 0.6) is 0 Å². The van der Waals surface area contributed by atoms with Crippen LogP contribution in [-0.2, 0) is 9.59 Å². The van der Waals surface area contributed by atoms with Crippen LogP contribution >= 0.6 is 0 Å². The number of nitrogens with zero attached hydrogens (tertiary/aromatic N) is 2. The van der Waals surface area contributed by atoms with Crippen LogP contribution in [0.15, 0.2) is 30.3 Å². The molecular formula is C18H26N4O3. The second-order valence-electron chi connectivity index (χ2n) is 7.07. The molecule has 0 aliphatic carbocycles. The van der Waals surface area contributed by atoms with Gasteiger partial charge in [-0.15, -0.1) is 0 Å². The summed E-state index contributed by atoms with van der Waals surface area (Å²) in [6.45, 7) is 5.98. The highest BCUT2D eigenvalue weighted by Crippen LogP contribution is 2.22. The first-order valence-corrected chi connectivity index (χ1v) is 8.75. The van der Waals surface area contributed by atoms with Gasteiger partial charge < -0.3 is 20.2 Å². The number of carbonyl (C=O) groups excluding carboxylic acids is 2. The smallest absolute Gasteiger partial charge is 0.243 e. The fraction of sp³-hybridized carbons (Fsp3) is 0.556. The van der Waals surface area contributed by atoms with Crippen molar-refractivity contribution in [1.29, 1.82) is 0 Å². The van der Waals surface area contributed by atoms with Gasteiger partial charge in [0.1, 0.15) is 0 Å². The Morgan fingerprint density at radius 2 is 2.04 bits per heavy atom. The zero-order valence-corrected chi connectivity index (χ0v) is 14.7. The van der Waals surface area contributed by atoms with Crippen molar-refractivity contribution >= 4 is 17.5 Å². The lowest BCUT2D eigenvalue weighted by Gasteiger charge is -2.41. The lowest BCUT2D eigenvalue weighted by atomic mass is 9.95. The average molecular weight is 346 g/mol. The lowest BCUT2D eigenvalue weighted by Crippen LogP contribution is -2.54. The SMILES string of the molecule is CC1CN(C(=O)CCC2(C)NC(O)NC2=O)CCN1c1ccccc1. The molecule has 2 heterocycles. The molecule has 0 aromatic heterocycles. The van der Waals surface area contributed by atoms with Crippen molar-refractivity contribution in [3.05, 3.63) is 30.3 Å². The highest BCUT2D eigenvalue weighted by atomic mass is 16.3. The number of para-hydroxylation sites is 1. The number of rotatable bonds is 4. The number of anilines is 1. The molecule has 0 saturated carbocycles. The Kier molecular flexibility index (Phi) is 4.96.